The molecule has 0 aliphatic carbocycles. The second-order valence-corrected chi connectivity index (χ2v) is 12.6. The first-order valence-corrected chi connectivity index (χ1v) is 15.7. The van der Waals surface area contributed by atoms with Gasteiger partial charge in [0.25, 0.3) is 5.56 Å². The SMILES string of the molecule is Cn1ncc2c(O)c(C(c3ccccc3)c3[nH]c4ccccc4c3CCNS(=O)(=O)c3ccc4ccccc4c3)c(=O)[nH]c21. The summed E-state index contributed by atoms with van der Waals surface area (Å²) in [5.74, 6) is -0.823. The highest BCUT2D eigenvalue weighted by Crippen LogP contribution is 2.40. The largest absolute Gasteiger partial charge is 0.507 e. The second kappa shape index (κ2) is 10.8. The Kier molecular flexibility index (Phi) is 6.80. The zero-order valence-corrected chi connectivity index (χ0v) is 24.6. The van der Waals surface area contributed by atoms with E-state index in [1.807, 2.05) is 78.9 Å². The fourth-order valence-electron chi connectivity index (χ4n) is 6.04. The van der Waals surface area contributed by atoms with Gasteiger partial charge in [0.1, 0.15) is 11.4 Å². The Morgan fingerprint density at radius 2 is 1.61 bits per heavy atom. The van der Waals surface area contributed by atoms with Gasteiger partial charge in [-0.15, -0.1) is 0 Å². The normalized spacial score (nSPS) is 12.8. The molecule has 4 N–H and O–H groups in total. The summed E-state index contributed by atoms with van der Waals surface area (Å²) in [6.07, 6.45) is 1.86. The lowest BCUT2D eigenvalue weighted by molar-refractivity contribution is 0.471. The van der Waals surface area contributed by atoms with E-state index in [0.717, 1.165) is 32.8 Å². The van der Waals surface area contributed by atoms with Gasteiger partial charge in [-0.25, -0.2) is 13.1 Å². The monoisotopic (exact) mass is 603 g/mol. The number of nitrogens with zero attached hydrogens (tertiary/aromatic N) is 2. The molecule has 1 atom stereocenters. The summed E-state index contributed by atoms with van der Waals surface area (Å²) < 4.78 is 31.0. The molecule has 0 fully saturated rings. The van der Waals surface area contributed by atoms with E-state index in [2.05, 4.69) is 19.8 Å². The maximum absolute atomic E-state index is 13.7. The molecular weight excluding hydrogens is 574 g/mol. The second-order valence-electron chi connectivity index (χ2n) is 10.8. The van der Waals surface area contributed by atoms with E-state index >= 15 is 0 Å². The van der Waals surface area contributed by atoms with Crippen LogP contribution in [0, 0.1) is 0 Å². The van der Waals surface area contributed by atoms with Crippen LogP contribution in [0.4, 0.5) is 0 Å². The topological polar surface area (TPSA) is 133 Å². The molecule has 1 unspecified atom stereocenters. The van der Waals surface area contributed by atoms with Crippen molar-refractivity contribution in [1.82, 2.24) is 24.5 Å². The number of nitrogens with one attached hydrogen (secondary N) is 3. The number of aromatic nitrogens is 4. The van der Waals surface area contributed by atoms with Crippen molar-refractivity contribution in [3.8, 4) is 5.75 Å². The number of aromatic hydroxyl groups is 1. The molecular formula is C34H29N5O4S. The molecule has 44 heavy (non-hydrogen) atoms. The van der Waals surface area contributed by atoms with Crippen LogP contribution in [0.1, 0.15) is 28.3 Å². The molecule has 9 nitrogen and oxygen atoms in total. The van der Waals surface area contributed by atoms with Crippen molar-refractivity contribution in [2.75, 3.05) is 6.54 Å². The van der Waals surface area contributed by atoms with Crippen molar-refractivity contribution >= 4 is 42.7 Å². The van der Waals surface area contributed by atoms with Gasteiger partial charge in [-0.1, -0.05) is 78.9 Å². The van der Waals surface area contributed by atoms with E-state index in [4.69, 9.17) is 0 Å². The number of aryl methyl sites for hydroxylation is 1. The molecule has 7 aromatic rings. The summed E-state index contributed by atoms with van der Waals surface area (Å²) in [5, 5.41) is 18.9. The number of fused-ring (bicyclic) bond motifs is 3. The van der Waals surface area contributed by atoms with Gasteiger partial charge in [-0.3, -0.25) is 9.48 Å². The highest BCUT2D eigenvalue weighted by Gasteiger charge is 2.30. The Labute approximate surface area is 252 Å². The fraction of sp³-hybridized carbons (Fsp3) is 0.118. The van der Waals surface area contributed by atoms with E-state index in [1.165, 1.54) is 10.9 Å². The quantitative estimate of drug-likeness (QED) is 0.187. The van der Waals surface area contributed by atoms with Crippen LogP contribution in [0.2, 0.25) is 0 Å². The number of H-pyrrole nitrogens is 2. The summed E-state index contributed by atoms with van der Waals surface area (Å²) in [7, 11) is -2.10. The molecule has 0 aliphatic heterocycles. The number of para-hydroxylation sites is 1. The van der Waals surface area contributed by atoms with Gasteiger partial charge in [0, 0.05) is 30.2 Å². The molecule has 0 saturated carbocycles. The lowest BCUT2D eigenvalue weighted by Gasteiger charge is -2.20. The third-order valence-corrected chi connectivity index (χ3v) is 9.64. The molecule has 0 aliphatic rings. The summed E-state index contributed by atoms with van der Waals surface area (Å²) in [5.41, 5.74) is 3.35. The van der Waals surface area contributed by atoms with Gasteiger partial charge >= 0.3 is 0 Å². The van der Waals surface area contributed by atoms with Gasteiger partial charge in [-0.05, 0) is 46.5 Å². The van der Waals surface area contributed by atoms with E-state index in [0.29, 0.717) is 23.1 Å². The third-order valence-electron chi connectivity index (χ3n) is 8.18. The van der Waals surface area contributed by atoms with Crippen LogP contribution in [-0.2, 0) is 23.5 Å². The number of sulfonamides is 1. The zero-order valence-electron chi connectivity index (χ0n) is 23.8. The van der Waals surface area contributed by atoms with Crippen LogP contribution in [0.5, 0.6) is 5.75 Å². The molecule has 0 amide bonds. The predicted octanol–water partition coefficient (Wildman–Crippen LogP) is 5.30. The van der Waals surface area contributed by atoms with E-state index in [9.17, 15) is 18.3 Å². The molecule has 0 bridgehead atoms. The minimum absolute atomic E-state index is 0.121. The molecule has 0 saturated heterocycles. The van der Waals surface area contributed by atoms with Crippen LogP contribution in [0.25, 0.3) is 32.7 Å². The molecule has 220 valence electrons. The van der Waals surface area contributed by atoms with Crippen LogP contribution >= 0.6 is 0 Å². The van der Waals surface area contributed by atoms with Crippen LogP contribution < -0.4 is 10.3 Å². The molecule has 10 heteroatoms. The number of hydrogen-bond acceptors (Lipinski definition) is 5. The van der Waals surface area contributed by atoms with Crippen LogP contribution in [-0.4, -0.2) is 39.8 Å². The van der Waals surface area contributed by atoms with Crippen LogP contribution in [0.3, 0.4) is 0 Å². The van der Waals surface area contributed by atoms with E-state index in [-0.39, 0.29) is 22.8 Å². The summed E-state index contributed by atoms with van der Waals surface area (Å²) in [6.45, 7) is 0.121. The average Bonchev–Trinajstić information content (AvgIpc) is 3.59. The number of benzene rings is 4. The maximum atomic E-state index is 13.7. The lowest BCUT2D eigenvalue weighted by Crippen LogP contribution is -2.26. The van der Waals surface area contributed by atoms with Gasteiger partial charge in [0.05, 0.1) is 28.0 Å². The van der Waals surface area contributed by atoms with Gasteiger partial charge < -0.3 is 15.1 Å². The van der Waals surface area contributed by atoms with Crippen molar-refractivity contribution in [2.45, 2.75) is 17.2 Å². The minimum Gasteiger partial charge on any atom is -0.507 e. The number of rotatable bonds is 8. The summed E-state index contributed by atoms with van der Waals surface area (Å²) in [4.78, 5) is 20.2. The van der Waals surface area contributed by atoms with Crippen molar-refractivity contribution in [3.05, 3.63) is 136 Å². The number of aromatic amines is 2. The Balaban J connectivity index is 1.32. The van der Waals surface area contributed by atoms with Crippen molar-refractivity contribution < 1.29 is 13.5 Å². The molecule has 7 rings (SSSR count). The molecule has 4 aromatic carbocycles. The van der Waals surface area contributed by atoms with Crippen LogP contribution in [0.15, 0.2) is 113 Å². The first-order chi connectivity index (χ1) is 21.3. The van der Waals surface area contributed by atoms with Gasteiger partial charge in [0.15, 0.2) is 0 Å². The third kappa shape index (κ3) is 4.74. The summed E-state index contributed by atoms with van der Waals surface area (Å²) >= 11 is 0. The van der Waals surface area contributed by atoms with Crippen molar-refractivity contribution in [2.24, 2.45) is 7.05 Å². The number of hydrogen-bond donors (Lipinski definition) is 4. The molecule has 3 heterocycles. The molecule has 0 spiro atoms. The average molecular weight is 604 g/mol. The minimum atomic E-state index is -3.80. The fourth-order valence-corrected chi connectivity index (χ4v) is 7.11. The maximum Gasteiger partial charge on any atom is 0.257 e. The first-order valence-electron chi connectivity index (χ1n) is 14.2. The highest BCUT2D eigenvalue weighted by atomic mass is 32.2. The smallest absolute Gasteiger partial charge is 0.257 e. The molecule has 3 aromatic heterocycles. The Bertz CT molecular complexity index is 2340. The number of pyridine rings is 1. The van der Waals surface area contributed by atoms with Crippen molar-refractivity contribution in [1.29, 1.82) is 0 Å². The highest BCUT2D eigenvalue weighted by molar-refractivity contribution is 7.89. The Morgan fingerprint density at radius 3 is 2.43 bits per heavy atom. The Hall–Kier alpha value is -5.19. The summed E-state index contributed by atoms with van der Waals surface area (Å²) in [6, 6.07) is 29.9. The van der Waals surface area contributed by atoms with E-state index in [1.54, 1.807) is 25.2 Å². The predicted molar refractivity (Wildman–Crippen MR) is 172 cm³/mol. The lowest BCUT2D eigenvalue weighted by atomic mass is 9.85. The zero-order chi connectivity index (χ0) is 30.4. The van der Waals surface area contributed by atoms with Gasteiger partial charge in [0.2, 0.25) is 10.0 Å². The van der Waals surface area contributed by atoms with Crippen molar-refractivity contribution in [3.63, 3.8) is 0 Å². The molecule has 0 radical (unpaired) electrons. The Morgan fingerprint density at radius 1 is 0.886 bits per heavy atom. The first kappa shape index (κ1) is 27.6. The van der Waals surface area contributed by atoms with E-state index < -0.39 is 21.5 Å². The van der Waals surface area contributed by atoms with Gasteiger partial charge in [-0.2, -0.15) is 5.10 Å². The standard InChI is InChI=1S/C34H29N5O4S/c1-39-33-27(20-35-39)32(40)30(34(41)38-33)29(22-10-3-2-4-11-22)31-26(25-13-7-8-14-28(25)37-31)17-18-36-44(42,43)24-16-15-21-9-5-6-12-23(21)19-24/h2-16,19-20,29,36-37H,17-18H2,1H3,(H2,38,40,41).